The molecular weight excluding hydrogens is 184 g/mol. The molecule has 1 aromatic rings. The summed E-state index contributed by atoms with van der Waals surface area (Å²) >= 11 is 0. The molecule has 0 atom stereocenters. The summed E-state index contributed by atoms with van der Waals surface area (Å²) in [7, 11) is 0. The van der Waals surface area contributed by atoms with Crippen molar-refractivity contribution in [3.63, 3.8) is 0 Å². The number of hydrogen-bond donors (Lipinski definition) is 0. The molecule has 0 bridgehead atoms. The van der Waals surface area contributed by atoms with Gasteiger partial charge in [-0.1, -0.05) is 56.7 Å². The largest absolute Gasteiger partial charge is 0.377 e. The van der Waals surface area contributed by atoms with Gasteiger partial charge in [-0.2, -0.15) is 0 Å². The molecule has 0 aliphatic heterocycles. The van der Waals surface area contributed by atoms with Crippen LogP contribution in [-0.4, -0.2) is 6.61 Å². The maximum atomic E-state index is 5.57. The zero-order valence-corrected chi connectivity index (χ0v) is 9.54. The SMILES string of the molecule is C=Cc1ccc(COCCCCC)cc1. The van der Waals surface area contributed by atoms with Crippen LogP contribution in [0.5, 0.6) is 0 Å². The van der Waals surface area contributed by atoms with Crippen LogP contribution in [0.3, 0.4) is 0 Å². The fourth-order valence-electron chi connectivity index (χ4n) is 1.39. The van der Waals surface area contributed by atoms with Gasteiger partial charge in [0.2, 0.25) is 0 Å². The van der Waals surface area contributed by atoms with E-state index in [9.17, 15) is 0 Å². The van der Waals surface area contributed by atoms with E-state index in [-0.39, 0.29) is 0 Å². The molecule has 0 fully saturated rings. The number of unbranched alkanes of at least 4 members (excludes halogenated alkanes) is 2. The van der Waals surface area contributed by atoms with Crippen LogP contribution in [0.15, 0.2) is 30.8 Å². The number of hydrogen-bond acceptors (Lipinski definition) is 1. The van der Waals surface area contributed by atoms with Crippen LogP contribution in [0.1, 0.15) is 37.3 Å². The van der Waals surface area contributed by atoms with Crippen molar-refractivity contribution in [1.82, 2.24) is 0 Å². The van der Waals surface area contributed by atoms with Crippen molar-refractivity contribution in [2.75, 3.05) is 6.61 Å². The van der Waals surface area contributed by atoms with Crippen molar-refractivity contribution in [2.24, 2.45) is 0 Å². The second-order valence-electron chi connectivity index (χ2n) is 3.71. The molecule has 0 radical (unpaired) electrons. The molecule has 0 aliphatic rings. The first-order chi connectivity index (χ1) is 7.36. The minimum absolute atomic E-state index is 0.723. The quantitative estimate of drug-likeness (QED) is 0.609. The van der Waals surface area contributed by atoms with Crippen LogP contribution < -0.4 is 0 Å². The van der Waals surface area contributed by atoms with Gasteiger partial charge in [-0.3, -0.25) is 0 Å². The van der Waals surface area contributed by atoms with Gasteiger partial charge in [0, 0.05) is 6.61 Å². The molecule has 0 amide bonds. The van der Waals surface area contributed by atoms with Gasteiger partial charge in [0.1, 0.15) is 0 Å². The molecule has 15 heavy (non-hydrogen) atoms. The highest BCUT2D eigenvalue weighted by Gasteiger charge is 1.93. The Hall–Kier alpha value is -1.08. The highest BCUT2D eigenvalue weighted by Crippen LogP contribution is 2.07. The summed E-state index contributed by atoms with van der Waals surface area (Å²) in [6.07, 6.45) is 5.53. The van der Waals surface area contributed by atoms with Crippen LogP contribution in [-0.2, 0) is 11.3 Å². The van der Waals surface area contributed by atoms with Crippen LogP contribution in [0.25, 0.3) is 6.08 Å². The van der Waals surface area contributed by atoms with E-state index < -0.39 is 0 Å². The zero-order chi connectivity index (χ0) is 10.9. The Balaban J connectivity index is 2.22. The fourth-order valence-corrected chi connectivity index (χ4v) is 1.39. The van der Waals surface area contributed by atoms with E-state index in [4.69, 9.17) is 4.74 Å². The van der Waals surface area contributed by atoms with Crippen LogP contribution in [0.2, 0.25) is 0 Å². The molecule has 0 aliphatic carbocycles. The maximum absolute atomic E-state index is 5.57. The van der Waals surface area contributed by atoms with E-state index in [0.717, 1.165) is 18.8 Å². The van der Waals surface area contributed by atoms with E-state index >= 15 is 0 Å². The summed E-state index contributed by atoms with van der Waals surface area (Å²) < 4.78 is 5.57. The number of ether oxygens (including phenoxy) is 1. The van der Waals surface area contributed by atoms with Gasteiger partial charge in [0.15, 0.2) is 0 Å². The summed E-state index contributed by atoms with van der Waals surface area (Å²) in [5.74, 6) is 0. The third-order valence-electron chi connectivity index (χ3n) is 2.38. The van der Waals surface area contributed by atoms with Gasteiger partial charge in [-0.05, 0) is 17.5 Å². The Kier molecular flexibility index (Phi) is 5.79. The predicted octanol–water partition coefficient (Wildman–Crippen LogP) is 4.04. The van der Waals surface area contributed by atoms with Crippen molar-refractivity contribution in [2.45, 2.75) is 32.8 Å². The van der Waals surface area contributed by atoms with Gasteiger partial charge in [-0.15, -0.1) is 0 Å². The lowest BCUT2D eigenvalue weighted by Gasteiger charge is -2.04. The Morgan fingerprint density at radius 2 is 1.93 bits per heavy atom. The van der Waals surface area contributed by atoms with Crippen LogP contribution >= 0.6 is 0 Å². The van der Waals surface area contributed by atoms with Gasteiger partial charge in [0.25, 0.3) is 0 Å². The minimum atomic E-state index is 0.723. The van der Waals surface area contributed by atoms with Gasteiger partial charge < -0.3 is 4.74 Å². The van der Waals surface area contributed by atoms with Crippen molar-refractivity contribution in [1.29, 1.82) is 0 Å². The van der Waals surface area contributed by atoms with Gasteiger partial charge in [0.05, 0.1) is 6.61 Å². The average Bonchev–Trinajstić information content (AvgIpc) is 2.30. The summed E-state index contributed by atoms with van der Waals surface area (Å²) in [4.78, 5) is 0. The second-order valence-corrected chi connectivity index (χ2v) is 3.71. The molecule has 1 aromatic carbocycles. The molecule has 82 valence electrons. The Bertz CT molecular complexity index is 274. The third kappa shape index (κ3) is 4.80. The summed E-state index contributed by atoms with van der Waals surface area (Å²) in [6.45, 7) is 7.52. The Morgan fingerprint density at radius 1 is 1.20 bits per heavy atom. The fraction of sp³-hybridized carbons (Fsp3) is 0.429. The van der Waals surface area contributed by atoms with Crippen LogP contribution in [0.4, 0.5) is 0 Å². The molecular formula is C14H20O. The maximum Gasteiger partial charge on any atom is 0.0716 e. The first-order valence-electron chi connectivity index (χ1n) is 5.66. The van der Waals surface area contributed by atoms with E-state index in [1.165, 1.54) is 24.8 Å². The van der Waals surface area contributed by atoms with Gasteiger partial charge in [-0.25, -0.2) is 0 Å². The number of benzene rings is 1. The van der Waals surface area contributed by atoms with Crippen molar-refractivity contribution in [3.05, 3.63) is 42.0 Å². The third-order valence-corrected chi connectivity index (χ3v) is 2.38. The lowest BCUT2D eigenvalue weighted by Crippen LogP contribution is -1.95. The predicted molar refractivity (Wildman–Crippen MR) is 65.7 cm³/mol. The first-order valence-corrected chi connectivity index (χ1v) is 5.66. The molecule has 0 unspecified atom stereocenters. The van der Waals surface area contributed by atoms with Crippen molar-refractivity contribution < 1.29 is 4.74 Å². The topological polar surface area (TPSA) is 9.23 Å². The van der Waals surface area contributed by atoms with E-state index in [1.807, 2.05) is 6.08 Å². The summed E-state index contributed by atoms with van der Waals surface area (Å²) in [6, 6.07) is 8.32. The van der Waals surface area contributed by atoms with Crippen molar-refractivity contribution >= 4 is 6.08 Å². The molecule has 0 saturated heterocycles. The highest BCUT2D eigenvalue weighted by molar-refractivity contribution is 5.47. The number of rotatable bonds is 7. The Labute approximate surface area is 92.8 Å². The molecule has 0 spiro atoms. The molecule has 1 nitrogen and oxygen atoms in total. The summed E-state index contributed by atoms with van der Waals surface area (Å²) in [5.41, 5.74) is 2.39. The lowest BCUT2D eigenvalue weighted by molar-refractivity contribution is 0.117. The highest BCUT2D eigenvalue weighted by atomic mass is 16.5. The van der Waals surface area contributed by atoms with E-state index in [2.05, 4.69) is 37.8 Å². The molecule has 0 N–H and O–H groups in total. The standard InChI is InChI=1S/C14H20O/c1-3-5-6-11-15-12-14-9-7-13(4-2)8-10-14/h4,7-10H,2-3,5-6,11-12H2,1H3. The lowest BCUT2D eigenvalue weighted by atomic mass is 10.1. The van der Waals surface area contributed by atoms with E-state index in [0.29, 0.717) is 0 Å². The monoisotopic (exact) mass is 204 g/mol. The minimum Gasteiger partial charge on any atom is -0.377 e. The smallest absolute Gasteiger partial charge is 0.0716 e. The first kappa shape index (κ1) is 12.0. The normalized spacial score (nSPS) is 10.2. The second kappa shape index (κ2) is 7.24. The summed E-state index contributed by atoms with van der Waals surface area (Å²) in [5, 5.41) is 0. The molecule has 1 rings (SSSR count). The average molecular weight is 204 g/mol. The molecule has 0 heterocycles. The molecule has 0 aromatic heterocycles. The van der Waals surface area contributed by atoms with Crippen molar-refractivity contribution in [3.8, 4) is 0 Å². The zero-order valence-electron chi connectivity index (χ0n) is 9.54. The molecule has 1 heteroatoms. The molecule has 0 saturated carbocycles. The van der Waals surface area contributed by atoms with E-state index in [1.54, 1.807) is 0 Å². The Morgan fingerprint density at radius 3 is 2.53 bits per heavy atom. The van der Waals surface area contributed by atoms with Crippen LogP contribution in [0, 0.1) is 0 Å². The van der Waals surface area contributed by atoms with Gasteiger partial charge >= 0.3 is 0 Å².